The first kappa shape index (κ1) is 13.5. The smallest absolute Gasteiger partial charge is 0.333 e. The van der Waals surface area contributed by atoms with Gasteiger partial charge in [-0.25, -0.2) is 4.79 Å². The Kier molecular flexibility index (Phi) is 4.11. The van der Waals surface area contributed by atoms with E-state index in [2.05, 4.69) is 33.4 Å². The van der Waals surface area contributed by atoms with E-state index in [1.165, 1.54) is 5.56 Å². The Morgan fingerprint density at radius 2 is 1.88 bits per heavy atom. The lowest BCUT2D eigenvalue weighted by atomic mass is 9.84. The number of carbonyl (C=O) groups excluding carboxylic acids is 1. The highest BCUT2D eigenvalue weighted by atomic mass is 16.5. The summed E-state index contributed by atoms with van der Waals surface area (Å²) in [5.74, 6) is -0.339. The molecule has 1 aromatic carbocycles. The Hall–Kier alpha value is -1.57. The van der Waals surface area contributed by atoms with Gasteiger partial charge in [-0.3, -0.25) is 0 Å². The van der Waals surface area contributed by atoms with Crippen LogP contribution < -0.4 is 0 Å². The molecule has 2 nitrogen and oxygen atoms in total. The number of hydrogen-bond acceptors (Lipinski definition) is 2. The third-order valence-electron chi connectivity index (χ3n) is 2.53. The standard InChI is InChI=1S/C15H20O2/c1-11(2)14(16)17-10-12-8-6-7-9-13(12)15(3,4)5/h6-9H,1,10H2,2-5H3. The molecule has 0 aliphatic carbocycles. The van der Waals surface area contributed by atoms with Gasteiger partial charge in [0.2, 0.25) is 0 Å². The van der Waals surface area contributed by atoms with Crippen LogP contribution >= 0.6 is 0 Å². The van der Waals surface area contributed by atoms with Crippen molar-refractivity contribution in [2.45, 2.75) is 39.7 Å². The number of hydrogen-bond donors (Lipinski definition) is 0. The summed E-state index contributed by atoms with van der Waals surface area (Å²) in [6, 6.07) is 8.03. The van der Waals surface area contributed by atoms with Gasteiger partial charge in [0.05, 0.1) is 0 Å². The highest BCUT2D eigenvalue weighted by Gasteiger charge is 2.17. The molecule has 0 saturated carbocycles. The van der Waals surface area contributed by atoms with Crippen LogP contribution in [-0.2, 0) is 21.6 Å². The summed E-state index contributed by atoms with van der Waals surface area (Å²) in [6.45, 7) is 12.0. The maximum atomic E-state index is 11.4. The Labute approximate surface area is 103 Å². The number of ether oxygens (including phenoxy) is 1. The lowest BCUT2D eigenvalue weighted by Gasteiger charge is -2.22. The van der Waals surface area contributed by atoms with Crippen molar-refractivity contribution in [2.75, 3.05) is 0 Å². The summed E-state index contributed by atoms with van der Waals surface area (Å²) >= 11 is 0. The van der Waals surface area contributed by atoms with Gasteiger partial charge >= 0.3 is 5.97 Å². The normalized spacial score (nSPS) is 11.1. The van der Waals surface area contributed by atoms with E-state index in [0.717, 1.165) is 5.56 Å². The molecule has 0 atom stereocenters. The van der Waals surface area contributed by atoms with Crippen LogP contribution in [0.3, 0.4) is 0 Å². The molecule has 92 valence electrons. The number of esters is 1. The minimum Gasteiger partial charge on any atom is -0.457 e. The second-order valence-electron chi connectivity index (χ2n) is 5.26. The third kappa shape index (κ3) is 3.74. The Morgan fingerprint density at radius 3 is 2.41 bits per heavy atom. The zero-order valence-corrected chi connectivity index (χ0v) is 11.0. The molecular formula is C15H20O2. The van der Waals surface area contributed by atoms with Gasteiger partial charge in [-0.15, -0.1) is 0 Å². The number of carbonyl (C=O) groups is 1. The molecule has 0 spiro atoms. The van der Waals surface area contributed by atoms with E-state index in [9.17, 15) is 4.79 Å². The van der Waals surface area contributed by atoms with Crippen LogP contribution in [0.4, 0.5) is 0 Å². The van der Waals surface area contributed by atoms with Crippen LogP contribution in [0.25, 0.3) is 0 Å². The zero-order chi connectivity index (χ0) is 13.1. The van der Waals surface area contributed by atoms with E-state index in [0.29, 0.717) is 12.2 Å². The van der Waals surface area contributed by atoms with Crippen molar-refractivity contribution in [2.24, 2.45) is 0 Å². The lowest BCUT2D eigenvalue weighted by molar-refractivity contribution is -0.140. The highest BCUT2D eigenvalue weighted by molar-refractivity contribution is 5.86. The summed E-state index contributed by atoms with van der Waals surface area (Å²) in [5.41, 5.74) is 2.73. The average Bonchev–Trinajstić information content (AvgIpc) is 2.24. The minimum atomic E-state index is -0.339. The molecule has 0 bridgehead atoms. The van der Waals surface area contributed by atoms with Gasteiger partial charge in [0.15, 0.2) is 0 Å². The van der Waals surface area contributed by atoms with Crippen molar-refractivity contribution in [1.82, 2.24) is 0 Å². The predicted octanol–water partition coefficient (Wildman–Crippen LogP) is 3.60. The molecule has 0 heterocycles. The molecule has 1 rings (SSSR count). The quantitative estimate of drug-likeness (QED) is 0.588. The molecule has 2 heteroatoms. The van der Waals surface area contributed by atoms with Gasteiger partial charge in [0, 0.05) is 5.57 Å². The molecular weight excluding hydrogens is 212 g/mol. The second-order valence-corrected chi connectivity index (χ2v) is 5.26. The molecule has 0 aliphatic heterocycles. The largest absolute Gasteiger partial charge is 0.457 e. The van der Waals surface area contributed by atoms with E-state index in [4.69, 9.17) is 4.74 Å². The van der Waals surface area contributed by atoms with Crippen molar-refractivity contribution in [3.05, 3.63) is 47.5 Å². The molecule has 0 saturated heterocycles. The molecule has 0 unspecified atom stereocenters. The lowest BCUT2D eigenvalue weighted by Crippen LogP contribution is -2.15. The molecule has 0 aliphatic rings. The fourth-order valence-electron chi connectivity index (χ4n) is 1.64. The fraction of sp³-hybridized carbons (Fsp3) is 0.400. The number of rotatable bonds is 3. The maximum absolute atomic E-state index is 11.4. The summed E-state index contributed by atoms with van der Waals surface area (Å²) in [4.78, 5) is 11.4. The van der Waals surface area contributed by atoms with E-state index < -0.39 is 0 Å². The van der Waals surface area contributed by atoms with Gasteiger partial charge in [0.1, 0.15) is 6.61 Å². The van der Waals surface area contributed by atoms with Crippen molar-refractivity contribution >= 4 is 5.97 Å². The number of benzene rings is 1. The first-order valence-corrected chi connectivity index (χ1v) is 5.73. The predicted molar refractivity (Wildman–Crippen MR) is 69.8 cm³/mol. The molecule has 0 aromatic heterocycles. The molecule has 0 amide bonds. The molecule has 0 radical (unpaired) electrons. The first-order valence-electron chi connectivity index (χ1n) is 5.73. The average molecular weight is 232 g/mol. The van der Waals surface area contributed by atoms with Gasteiger partial charge in [-0.1, -0.05) is 51.6 Å². The fourth-order valence-corrected chi connectivity index (χ4v) is 1.64. The highest BCUT2D eigenvalue weighted by Crippen LogP contribution is 2.26. The monoisotopic (exact) mass is 232 g/mol. The molecule has 1 aromatic rings. The molecule has 0 N–H and O–H groups in total. The zero-order valence-electron chi connectivity index (χ0n) is 11.0. The molecule has 17 heavy (non-hydrogen) atoms. The van der Waals surface area contributed by atoms with Crippen LogP contribution in [0.2, 0.25) is 0 Å². The Morgan fingerprint density at radius 1 is 1.29 bits per heavy atom. The SMILES string of the molecule is C=C(C)C(=O)OCc1ccccc1C(C)(C)C. The van der Waals surface area contributed by atoms with Crippen LogP contribution in [0.5, 0.6) is 0 Å². The van der Waals surface area contributed by atoms with E-state index >= 15 is 0 Å². The van der Waals surface area contributed by atoms with Crippen molar-refractivity contribution in [3.8, 4) is 0 Å². The van der Waals surface area contributed by atoms with Crippen LogP contribution in [-0.4, -0.2) is 5.97 Å². The van der Waals surface area contributed by atoms with E-state index in [1.54, 1.807) is 6.92 Å². The summed E-state index contributed by atoms with van der Waals surface area (Å²) < 4.78 is 5.19. The second kappa shape index (κ2) is 5.17. The van der Waals surface area contributed by atoms with Gasteiger partial charge in [-0.2, -0.15) is 0 Å². The summed E-state index contributed by atoms with van der Waals surface area (Å²) in [6.07, 6.45) is 0. The first-order chi connectivity index (χ1) is 7.82. The topological polar surface area (TPSA) is 26.3 Å². The van der Waals surface area contributed by atoms with Gasteiger partial charge < -0.3 is 4.74 Å². The third-order valence-corrected chi connectivity index (χ3v) is 2.53. The minimum absolute atomic E-state index is 0.0478. The Balaban J connectivity index is 2.85. The summed E-state index contributed by atoms with van der Waals surface area (Å²) in [5, 5.41) is 0. The van der Waals surface area contributed by atoms with Crippen molar-refractivity contribution < 1.29 is 9.53 Å². The van der Waals surface area contributed by atoms with Crippen LogP contribution in [0.1, 0.15) is 38.8 Å². The molecule has 0 fully saturated rings. The maximum Gasteiger partial charge on any atom is 0.333 e. The van der Waals surface area contributed by atoms with Crippen LogP contribution in [0, 0.1) is 0 Å². The van der Waals surface area contributed by atoms with E-state index in [-0.39, 0.29) is 11.4 Å². The van der Waals surface area contributed by atoms with E-state index in [1.807, 2.05) is 18.2 Å². The van der Waals surface area contributed by atoms with Crippen molar-refractivity contribution in [1.29, 1.82) is 0 Å². The van der Waals surface area contributed by atoms with Crippen molar-refractivity contribution in [3.63, 3.8) is 0 Å². The summed E-state index contributed by atoms with van der Waals surface area (Å²) in [7, 11) is 0. The Bertz CT molecular complexity index is 425. The van der Waals surface area contributed by atoms with Gasteiger partial charge in [0.25, 0.3) is 0 Å². The van der Waals surface area contributed by atoms with Crippen LogP contribution in [0.15, 0.2) is 36.4 Å². The van der Waals surface area contributed by atoms with Gasteiger partial charge in [-0.05, 0) is 23.5 Å².